The number of pyridine rings is 2. The molecule has 3 aromatic rings. The number of benzene rings is 1. The predicted molar refractivity (Wildman–Crippen MR) is 137 cm³/mol. The van der Waals surface area contributed by atoms with Crippen LogP contribution in [-0.4, -0.2) is 39.5 Å². The Morgan fingerprint density at radius 3 is 2.58 bits per heavy atom. The zero-order chi connectivity index (χ0) is 27.3. The Kier molecular flexibility index (Phi) is 7.68. The first-order valence-corrected chi connectivity index (χ1v) is 11.8. The molecule has 5 N–H and O–H groups in total. The Morgan fingerprint density at radius 2 is 1.95 bits per heavy atom. The second-order valence-corrected chi connectivity index (χ2v) is 9.04. The topological polar surface area (TPSA) is 143 Å². The third-order valence-corrected chi connectivity index (χ3v) is 6.52. The summed E-state index contributed by atoms with van der Waals surface area (Å²) in [6, 6.07) is 12.5. The molecule has 0 aliphatic carbocycles. The van der Waals surface area contributed by atoms with E-state index in [2.05, 4.69) is 26.3 Å². The Labute approximate surface area is 216 Å². The van der Waals surface area contributed by atoms with E-state index in [0.717, 1.165) is 18.3 Å². The number of halogens is 3. The van der Waals surface area contributed by atoms with E-state index >= 15 is 0 Å². The minimum atomic E-state index is -4.47. The number of nitrogens with one attached hydrogen (secondary N) is 2. The number of aliphatic hydroxyl groups is 1. The number of piperidine rings is 1. The van der Waals surface area contributed by atoms with Crippen molar-refractivity contribution in [1.29, 1.82) is 5.26 Å². The van der Waals surface area contributed by atoms with Crippen molar-refractivity contribution in [2.24, 2.45) is 10.7 Å². The van der Waals surface area contributed by atoms with Crippen LogP contribution in [0.2, 0.25) is 0 Å². The summed E-state index contributed by atoms with van der Waals surface area (Å²) in [4.78, 5) is 25.6. The fourth-order valence-electron chi connectivity index (χ4n) is 4.42. The van der Waals surface area contributed by atoms with Crippen molar-refractivity contribution in [3.63, 3.8) is 0 Å². The Hall–Kier alpha value is -4.37. The van der Waals surface area contributed by atoms with Gasteiger partial charge in [-0.25, -0.2) is 9.98 Å². The molecule has 0 spiro atoms. The van der Waals surface area contributed by atoms with Gasteiger partial charge in [0.1, 0.15) is 17.2 Å². The summed E-state index contributed by atoms with van der Waals surface area (Å²) in [5.41, 5.74) is 5.93. The maximum absolute atomic E-state index is 13.2. The normalized spacial score (nSPS) is 15.7. The standard InChI is InChI=1S/C26H26F3N7O2/c27-26(28,29)18-5-11-32-21(15-18)36-13-8-25(7-10-30,9-14-36)35-20-6-12-33-24(38)22(20)23(31)34-19-3-1-17(16-37)2-4-19/h1-6,11-12,15,37H,7-9,13-14,16H2,(H2,31,34)(H2,33,35,38). The van der Waals surface area contributed by atoms with Crippen molar-refractivity contribution in [3.8, 4) is 6.07 Å². The van der Waals surface area contributed by atoms with Crippen LogP contribution in [0.25, 0.3) is 0 Å². The molecular formula is C26H26F3N7O2. The number of amidine groups is 1. The van der Waals surface area contributed by atoms with E-state index in [1.807, 2.05) is 0 Å². The van der Waals surface area contributed by atoms with Crippen LogP contribution in [0.3, 0.4) is 0 Å². The molecule has 0 atom stereocenters. The van der Waals surface area contributed by atoms with Crippen LogP contribution in [0.1, 0.15) is 36.0 Å². The van der Waals surface area contributed by atoms with Crippen LogP contribution in [0.4, 0.5) is 30.4 Å². The number of aromatic nitrogens is 2. The molecule has 3 heterocycles. The quantitative estimate of drug-likeness (QED) is 0.272. The van der Waals surface area contributed by atoms with E-state index in [4.69, 9.17) is 5.73 Å². The maximum Gasteiger partial charge on any atom is 0.416 e. The molecule has 0 saturated carbocycles. The highest BCUT2D eigenvalue weighted by molar-refractivity contribution is 6.03. The van der Waals surface area contributed by atoms with E-state index in [0.29, 0.717) is 42.9 Å². The number of nitrogens with two attached hydrogens (primary N) is 1. The van der Waals surface area contributed by atoms with E-state index < -0.39 is 22.8 Å². The lowest BCUT2D eigenvalue weighted by Crippen LogP contribution is -2.50. The molecule has 0 radical (unpaired) electrons. The van der Waals surface area contributed by atoms with Crippen LogP contribution in [-0.2, 0) is 12.8 Å². The molecule has 1 aromatic carbocycles. The van der Waals surface area contributed by atoms with Gasteiger partial charge in [-0.1, -0.05) is 12.1 Å². The van der Waals surface area contributed by atoms with Crippen molar-refractivity contribution in [2.45, 2.75) is 37.6 Å². The first-order valence-electron chi connectivity index (χ1n) is 11.8. The molecule has 2 aromatic heterocycles. The smallest absolute Gasteiger partial charge is 0.392 e. The number of H-pyrrole nitrogens is 1. The number of nitrogens with zero attached hydrogens (tertiary/aromatic N) is 4. The first-order chi connectivity index (χ1) is 18.1. The molecule has 198 valence electrons. The highest BCUT2D eigenvalue weighted by Gasteiger charge is 2.37. The van der Waals surface area contributed by atoms with Crippen molar-refractivity contribution < 1.29 is 18.3 Å². The number of nitriles is 1. The second-order valence-electron chi connectivity index (χ2n) is 9.04. The Bertz CT molecular complexity index is 1400. The van der Waals surface area contributed by atoms with Crippen LogP contribution in [0.15, 0.2) is 64.6 Å². The van der Waals surface area contributed by atoms with Gasteiger partial charge in [-0.05, 0) is 48.7 Å². The predicted octanol–water partition coefficient (Wildman–Crippen LogP) is 3.68. The van der Waals surface area contributed by atoms with Gasteiger partial charge in [0.25, 0.3) is 5.56 Å². The molecule has 38 heavy (non-hydrogen) atoms. The molecule has 0 amide bonds. The van der Waals surface area contributed by atoms with E-state index in [9.17, 15) is 28.3 Å². The summed E-state index contributed by atoms with van der Waals surface area (Å²) in [6.07, 6.45) is -0.967. The molecule has 1 saturated heterocycles. The van der Waals surface area contributed by atoms with Gasteiger partial charge in [-0.2, -0.15) is 18.4 Å². The monoisotopic (exact) mass is 525 g/mol. The molecule has 0 unspecified atom stereocenters. The summed E-state index contributed by atoms with van der Waals surface area (Å²) >= 11 is 0. The van der Waals surface area contributed by atoms with Gasteiger partial charge in [-0.15, -0.1) is 0 Å². The average molecular weight is 526 g/mol. The van der Waals surface area contributed by atoms with E-state index in [1.54, 1.807) is 35.2 Å². The number of aliphatic hydroxyl groups excluding tert-OH is 1. The average Bonchev–Trinajstić information content (AvgIpc) is 2.89. The number of alkyl halides is 3. The molecule has 1 aliphatic rings. The zero-order valence-corrected chi connectivity index (χ0v) is 20.3. The molecule has 1 aliphatic heterocycles. The maximum atomic E-state index is 13.2. The van der Waals surface area contributed by atoms with Gasteiger partial charge < -0.3 is 26.0 Å². The van der Waals surface area contributed by atoms with Gasteiger partial charge in [0, 0.05) is 25.5 Å². The van der Waals surface area contributed by atoms with E-state index in [-0.39, 0.29) is 30.2 Å². The summed E-state index contributed by atoms with van der Waals surface area (Å²) in [7, 11) is 0. The van der Waals surface area contributed by atoms with E-state index in [1.165, 1.54) is 6.20 Å². The largest absolute Gasteiger partial charge is 0.416 e. The lowest BCUT2D eigenvalue weighted by molar-refractivity contribution is -0.137. The van der Waals surface area contributed by atoms with Gasteiger partial charge in [0.2, 0.25) is 0 Å². The first kappa shape index (κ1) is 26.7. The van der Waals surface area contributed by atoms with Crippen LogP contribution >= 0.6 is 0 Å². The lowest BCUT2D eigenvalue weighted by Gasteiger charge is -2.42. The lowest BCUT2D eigenvalue weighted by atomic mass is 9.84. The third kappa shape index (κ3) is 5.95. The van der Waals surface area contributed by atoms with Crippen LogP contribution in [0, 0.1) is 11.3 Å². The minimum Gasteiger partial charge on any atom is -0.392 e. The van der Waals surface area contributed by atoms with Gasteiger partial charge in [0.15, 0.2) is 0 Å². The van der Waals surface area contributed by atoms with Crippen molar-refractivity contribution in [3.05, 3.63) is 81.9 Å². The third-order valence-electron chi connectivity index (χ3n) is 6.52. The highest BCUT2D eigenvalue weighted by atomic mass is 19.4. The number of anilines is 2. The molecular weight excluding hydrogens is 499 g/mol. The molecule has 0 bridgehead atoms. The molecule has 4 rings (SSSR count). The Balaban J connectivity index is 1.58. The molecule has 9 nitrogen and oxygen atoms in total. The van der Waals surface area contributed by atoms with Gasteiger partial charge in [0.05, 0.1) is 41.6 Å². The fraction of sp³-hybridized carbons (Fsp3) is 0.308. The van der Waals surface area contributed by atoms with Crippen LogP contribution in [0.5, 0.6) is 0 Å². The summed E-state index contributed by atoms with van der Waals surface area (Å²) in [6.45, 7) is 0.582. The summed E-state index contributed by atoms with van der Waals surface area (Å²) in [5.74, 6) is 0.176. The number of hydrogen-bond acceptors (Lipinski definition) is 7. The second kappa shape index (κ2) is 10.9. The molecule has 12 heteroatoms. The summed E-state index contributed by atoms with van der Waals surface area (Å²) in [5, 5.41) is 22.1. The number of aliphatic imine (C=N–C) groups is 1. The SMILES string of the molecule is N#CCC1(Nc2cc[nH]c(=O)c2C(N)=Nc2ccc(CO)cc2)CCN(c2cc(C(F)(F)F)ccn2)CC1. The van der Waals surface area contributed by atoms with Gasteiger partial charge in [-0.3, -0.25) is 4.79 Å². The number of hydrogen-bond donors (Lipinski definition) is 4. The van der Waals surface area contributed by atoms with Crippen molar-refractivity contribution in [2.75, 3.05) is 23.3 Å². The van der Waals surface area contributed by atoms with Crippen molar-refractivity contribution in [1.82, 2.24) is 9.97 Å². The summed E-state index contributed by atoms with van der Waals surface area (Å²) < 4.78 is 39.5. The van der Waals surface area contributed by atoms with Gasteiger partial charge >= 0.3 is 6.18 Å². The molecule has 1 fully saturated rings. The zero-order valence-electron chi connectivity index (χ0n) is 20.3. The number of rotatable bonds is 7. The number of aromatic amines is 1. The minimum absolute atomic E-state index is 0.0381. The fourth-order valence-corrected chi connectivity index (χ4v) is 4.42. The van der Waals surface area contributed by atoms with Crippen molar-refractivity contribution >= 4 is 23.0 Å². The van der Waals surface area contributed by atoms with Crippen LogP contribution < -0.4 is 21.5 Å². The Morgan fingerprint density at radius 1 is 1.24 bits per heavy atom. The highest BCUT2D eigenvalue weighted by Crippen LogP contribution is 2.35.